The van der Waals surface area contributed by atoms with Gasteiger partial charge in [-0.05, 0) is 48.1 Å². The SMILES string of the molecule is O=C1CS[C@@H](c2cccc(OCc3cccnc3)c2)c2c(n(C3CCSCC3)[nH]c2=O)N1. The van der Waals surface area contributed by atoms with Gasteiger partial charge in [-0.2, -0.15) is 11.8 Å². The first-order chi connectivity index (χ1) is 15.7. The monoisotopic (exact) mass is 468 g/mol. The van der Waals surface area contributed by atoms with Crippen molar-refractivity contribution in [2.24, 2.45) is 0 Å². The van der Waals surface area contributed by atoms with Gasteiger partial charge in [-0.25, -0.2) is 0 Å². The Hall–Kier alpha value is -2.65. The van der Waals surface area contributed by atoms with Crippen molar-refractivity contribution in [1.82, 2.24) is 14.8 Å². The summed E-state index contributed by atoms with van der Waals surface area (Å²) >= 11 is 3.40. The number of carbonyl (C=O) groups excluding carboxylic acids is 1. The number of nitrogens with zero attached hydrogens (tertiary/aromatic N) is 2. The van der Waals surface area contributed by atoms with Crippen LogP contribution in [0.2, 0.25) is 0 Å². The van der Waals surface area contributed by atoms with E-state index in [1.165, 1.54) is 11.8 Å². The number of aromatic nitrogens is 3. The lowest BCUT2D eigenvalue weighted by Crippen LogP contribution is -2.22. The van der Waals surface area contributed by atoms with Crippen molar-refractivity contribution in [2.45, 2.75) is 30.7 Å². The average Bonchev–Trinajstić information content (AvgIpc) is 3.04. The Morgan fingerprint density at radius 1 is 1.16 bits per heavy atom. The van der Waals surface area contributed by atoms with E-state index in [9.17, 15) is 9.59 Å². The van der Waals surface area contributed by atoms with Gasteiger partial charge in [0.25, 0.3) is 5.56 Å². The van der Waals surface area contributed by atoms with Crippen molar-refractivity contribution in [2.75, 3.05) is 22.6 Å². The zero-order valence-corrected chi connectivity index (χ0v) is 19.1. The number of aromatic amines is 1. The van der Waals surface area contributed by atoms with Gasteiger partial charge in [0.05, 0.1) is 22.6 Å². The third-order valence-electron chi connectivity index (χ3n) is 5.71. The molecule has 1 fully saturated rings. The molecule has 0 radical (unpaired) electrons. The molecular formula is C23H24N4O3S2. The van der Waals surface area contributed by atoms with Crippen molar-refractivity contribution in [3.8, 4) is 5.75 Å². The molecule has 1 aromatic carbocycles. The molecule has 2 aliphatic rings. The van der Waals surface area contributed by atoms with Crippen molar-refractivity contribution in [1.29, 1.82) is 0 Å². The number of benzene rings is 1. The summed E-state index contributed by atoms with van der Waals surface area (Å²) in [6, 6.07) is 11.8. The second-order valence-electron chi connectivity index (χ2n) is 7.88. The van der Waals surface area contributed by atoms with Gasteiger partial charge in [0.1, 0.15) is 18.2 Å². The summed E-state index contributed by atoms with van der Waals surface area (Å²) in [7, 11) is 0. The minimum absolute atomic E-state index is 0.0827. The molecule has 1 amide bonds. The van der Waals surface area contributed by atoms with Gasteiger partial charge in [-0.3, -0.25) is 24.4 Å². The lowest BCUT2D eigenvalue weighted by Gasteiger charge is -2.24. The molecule has 0 unspecified atom stereocenters. The standard InChI is InChI=1S/C23H24N4O3S2/c28-19-14-32-21(16-4-1-5-18(11-16)30-13-15-3-2-8-24-12-15)20-22(25-19)27(26-23(20)29)17-6-9-31-10-7-17/h1-5,8,11-12,17,21H,6-7,9-10,13-14H2,(H,25,28)(H,26,29)/t21-/m0/s1. The van der Waals surface area contributed by atoms with Crippen LogP contribution in [0.3, 0.4) is 0 Å². The number of H-pyrrole nitrogens is 1. The first kappa shape index (κ1) is 21.2. The zero-order chi connectivity index (χ0) is 21.9. The highest BCUT2D eigenvalue weighted by atomic mass is 32.2. The third kappa shape index (κ3) is 4.45. The van der Waals surface area contributed by atoms with Crippen molar-refractivity contribution >= 4 is 35.2 Å². The molecule has 32 heavy (non-hydrogen) atoms. The van der Waals surface area contributed by atoms with Crippen LogP contribution in [0, 0.1) is 0 Å². The first-order valence-electron chi connectivity index (χ1n) is 10.6. The van der Waals surface area contributed by atoms with E-state index in [1.807, 2.05) is 52.8 Å². The second kappa shape index (κ2) is 9.46. The van der Waals surface area contributed by atoms with Crippen LogP contribution in [0.15, 0.2) is 53.6 Å². The Kier molecular flexibility index (Phi) is 6.27. The second-order valence-corrected chi connectivity index (χ2v) is 10.2. The summed E-state index contributed by atoms with van der Waals surface area (Å²) in [4.78, 5) is 29.7. The molecule has 3 aromatic rings. The van der Waals surface area contributed by atoms with Crippen molar-refractivity contribution < 1.29 is 9.53 Å². The van der Waals surface area contributed by atoms with E-state index in [4.69, 9.17) is 4.74 Å². The fourth-order valence-electron chi connectivity index (χ4n) is 4.14. The number of ether oxygens (including phenoxy) is 1. The number of pyridine rings is 1. The summed E-state index contributed by atoms with van der Waals surface area (Å²) in [5.74, 6) is 3.66. The number of nitrogens with one attached hydrogen (secondary N) is 2. The molecule has 0 aliphatic carbocycles. The number of rotatable bonds is 5. The number of thioether (sulfide) groups is 2. The number of carbonyl (C=O) groups is 1. The molecule has 1 atom stereocenters. The highest BCUT2D eigenvalue weighted by Gasteiger charge is 2.32. The van der Waals surface area contributed by atoms with Gasteiger partial charge in [-0.1, -0.05) is 18.2 Å². The molecule has 4 heterocycles. The Bertz CT molecular complexity index is 1160. The molecule has 7 nitrogen and oxygen atoms in total. The van der Waals surface area contributed by atoms with E-state index in [1.54, 1.807) is 12.4 Å². The number of amides is 1. The summed E-state index contributed by atoms with van der Waals surface area (Å²) in [6.45, 7) is 0.414. The summed E-state index contributed by atoms with van der Waals surface area (Å²) in [5.41, 5.74) is 2.40. The maximum atomic E-state index is 13.1. The van der Waals surface area contributed by atoms with Gasteiger partial charge in [0, 0.05) is 18.0 Å². The molecule has 0 bridgehead atoms. The van der Waals surface area contributed by atoms with E-state index in [0.717, 1.165) is 41.2 Å². The van der Waals surface area contributed by atoms with Crippen LogP contribution < -0.4 is 15.6 Å². The molecule has 0 saturated carbocycles. The highest BCUT2D eigenvalue weighted by molar-refractivity contribution is 8.00. The first-order valence-corrected chi connectivity index (χ1v) is 12.8. The quantitative estimate of drug-likeness (QED) is 0.589. The van der Waals surface area contributed by atoms with Gasteiger partial charge in [0.2, 0.25) is 5.91 Å². The maximum Gasteiger partial charge on any atom is 0.270 e. The number of fused-ring (bicyclic) bond motifs is 1. The lowest BCUT2D eigenvalue weighted by atomic mass is 10.1. The predicted molar refractivity (Wildman–Crippen MR) is 129 cm³/mol. The van der Waals surface area contributed by atoms with Gasteiger partial charge in [0.15, 0.2) is 0 Å². The van der Waals surface area contributed by atoms with Gasteiger partial charge < -0.3 is 10.1 Å². The number of anilines is 1. The largest absolute Gasteiger partial charge is 0.489 e. The minimum Gasteiger partial charge on any atom is -0.489 e. The van der Waals surface area contributed by atoms with Crippen LogP contribution in [0.4, 0.5) is 5.82 Å². The number of hydrogen-bond acceptors (Lipinski definition) is 6. The maximum absolute atomic E-state index is 13.1. The Morgan fingerprint density at radius 3 is 2.84 bits per heavy atom. The Balaban J connectivity index is 1.46. The molecule has 2 aliphatic heterocycles. The topological polar surface area (TPSA) is 89.0 Å². The highest BCUT2D eigenvalue weighted by Crippen LogP contribution is 2.42. The van der Waals surface area contributed by atoms with Crippen LogP contribution in [0.25, 0.3) is 0 Å². The van der Waals surface area contributed by atoms with E-state index in [0.29, 0.717) is 23.7 Å². The van der Waals surface area contributed by atoms with E-state index >= 15 is 0 Å². The van der Waals surface area contributed by atoms with Crippen LogP contribution in [0.1, 0.15) is 40.8 Å². The minimum atomic E-state index is -0.256. The van der Waals surface area contributed by atoms with Crippen molar-refractivity contribution in [3.63, 3.8) is 0 Å². The Labute approximate surface area is 194 Å². The smallest absolute Gasteiger partial charge is 0.270 e. The zero-order valence-electron chi connectivity index (χ0n) is 17.5. The fraction of sp³-hybridized carbons (Fsp3) is 0.348. The molecular weight excluding hydrogens is 444 g/mol. The summed E-state index contributed by atoms with van der Waals surface area (Å²) < 4.78 is 7.87. The lowest BCUT2D eigenvalue weighted by molar-refractivity contribution is -0.113. The predicted octanol–water partition coefficient (Wildman–Crippen LogP) is 3.99. The van der Waals surface area contributed by atoms with Crippen LogP contribution in [0.5, 0.6) is 5.75 Å². The molecule has 2 aromatic heterocycles. The van der Waals surface area contributed by atoms with Gasteiger partial charge >= 0.3 is 0 Å². The van der Waals surface area contributed by atoms with Crippen LogP contribution >= 0.6 is 23.5 Å². The fourth-order valence-corrected chi connectivity index (χ4v) is 6.34. The third-order valence-corrected chi connectivity index (χ3v) is 8.03. The van der Waals surface area contributed by atoms with E-state index in [-0.39, 0.29) is 22.8 Å². The molecule has 166 valence electrons. The summed E-state index contributed by atoms with van der Waals surface area (Å²) in [6.07, 6.45) is 5.47. The number of hydrogen-bond donors (Lipinski definition) is 2. The average molecular weight is 469 g/mol. The molecule has 1 saturated heterocycles. The summed E-state index contributed by atoms with van der Waals surface area (Å²) in [5, 5.41) is 5.76. The van der Waals surface area contributed by atoms with E-state index < -0.39 is 0 Å². The van der Waals surface area contributed by atoms with Gasteiger partial charge in [-0.15, -0.1) is 11.8 Å². The molecule has 0 spiro atoms. The Morgan fingerprint density at radius 2 is 2.03 bits per heavy atom. The van der Waals surface area contributed by atoms with Crippen LogP contribution in [-0.2, 0) is 11.4 Å². The molecule has 9 heteroatoms. The van der Waals surface area contributed by atoms with E-state index in [2.05, 4.69) is 15.4 Å². The molecule has 5 rings (SSSR count). The molecule has 2 N–H and O–H groups in total. The van der Waals surface area contributed by atoms with Crippen molar-refractivity contribution in [3.05, 3.63) is 75.8 Å². The normalized spacial score (nSPS) is 19.1. The van der Waals surface area contributed by atoms with Crippen LogP contribution in [-0.4, -0.2) is 37.9 Å².